The van der Waals surface area contributed by atoms with Gasteiger partial charge in [0.05, 0.1) is 11.7 Å². The largest absolute Gasteiger partial charge is 0.307 e. The minimum atomic E-state index is 0.127. The Morgan fingerprint density at radius 3 is 2.50 bits per heavy atom. The highest BCUT2D eigenvalue weighted by atomic mass is 15.3. The summed E-state index contributed by atoms with van der Waals surface area (Å²) in [7, 11) is 0. The molecule has 2 aromatic heterocycles. The van der Waals surface area contributed by atoms with Crippen molar-refractivity contribution >= 4 is 0 Å². The average molecular weight is 273 g/mol. The molecule has 1 unspecified atom stereocenters. The molecule has 5 heteroatoms. The molecule has 20 heavy (non-hydrogen) atoms. The first-order valence-corrected chi connectivity index (χ1v) is 7.19. The fraction of sp³-hybridized carbons (Fsp3) is 0.533. The van der Waals surface area contributed by atoms with E-state index >= 15 is 0 Å². The van der Waals surface area contributed by atoms with Gasteiger partial charge in [-0.05, 0) is 38.9 Å². The Labute approximate surface area is 120 Å². The summed E-state index contributed by atoms with van der Waals surface area (Å²) in [4.78, 5) is 8.90. The molecule has 0 amide bonds. The van der Waals surface area contributed by atoms with Crippen LogP contribution in [-0.4, -0.2) is 26.3 Å². The van der Waals surface area contributed by atoms with Crippen LogP contribution in [0, 0.1) is 13.8 Å². The minimum absolute atomic E-state index is 0.127. The van der Waals surface area contributed by atoms with Crippen LogP contribution < -0.4 is 5.32 Å². The Bertz CT molecular complexity index is 544. The fourth-order valence-corrected chi connectivity index (χ4v) is 2.33. The standard InChI is InChI=1S/C15H23N5/c1-5-16-14(15-17-9-11(3)10-18-15)8-13-7-12(4)19-20(13)6-2/h7,9-10,14,16H,5-6,8H2,1-4H3. The summed E-state index contributed by atoms with van der Waals surface area (Å²) in [5, 5.41) is 7.96. The zero-order valence-corrected chi connectivity index (χ0v) is 12.7. The number of hydrogen-bond acceptors (Lipinski definition) is 4. The maximum Gasteiger partial charge on any atom is 0.145 e. The quantitative estimate of drug-likeness (QED) is 0.876. The molecule has 1 N–H and O–H groups in total. The lowest BCUT2D eigenvalue weighted by molar-refractivity contribution is 0.495. The Morgan fingerprint density at radius 2 is 1.90 bits per heavy atom. The van der Waals surface area contributed by atoms with Crippen LogP contribution in [0.1, 0.15) is 42.7 Å². The molecule has 0 bridgehead atoms. The third-order valence-electron chi connectivity index (χ3n) is 3.26. The number of nitrogens with one attached hydrogen (secondary N) is 1. The van der Waals surface area contributed by atoms with E-state index in [9.17, 15) is 0 Å². The van der Waals surface area contributed by atoms with Gasteiger partial charge in [-0.3, -0.25) is 4.68 Å². The van der Waals surface area contributed by atoms with E-state index in [-0.39, 0.29) is 6.04 Å². The first kappa shape index (κ1) is 14.7. The number of hydrogen-bond donors (Lipinski definition) is 1. The number of nitrogens with zero attached hydrogens (tertiary/aromatic N) is 4. The van der Waals surface area contributed by atoms with Crippen LogP contribution in [0.3, 0.4) is 0 Å². The molecule has 108 valence electrons. The molecular weight excluding hydrogens is 250 g/mol. The van der Waals surface area contributed by atoms with Crippen molar-refractivity contribution in [3.63, 3.8) is 0 Å². The van der Waals surface area contributed by atoms with Gasteiger partial charge in [0.25, 0.3) is 0 Å². The van der Waals surface area contributed by atoms with E-state index in [1.807, 2.05) is 30.9 Å². The minimum Gasteiger partial charge on any atom is -0.307 e. The van der Waals surface area contributed by atoms with Crippen LogP contribution >= 0.6 is 0 Å². The van der Waals surface area contributed by atoms with E-state index < -0.39 is 0 Å². The highest BCUT2D eigenvalue weighted by molar-refractivity contribution is 5.13. The SMILES string of the molecule is CCNC(Cc1cc(C)nn1CC)c1ncc(C)cn1. The van der Waals surface area contributed by atoms with Crippen LogP contribution in [0.4, 0.5) is 0 Å². The average Bonchev–Trinajstić information content (AvgIpc) is 2.79. The third-order valence-corrected chi connectivity index (χ3v) is 3.26. The molecule has 5 nitrogen and oxygen atoms in total. The molecule has 0 aliphatic heterocycles. The lowest BCUT2D eigenvalue weighted by atomic mass is 10.1. The molecule has 0 fully saturated rings. The number of aryl methyl sites for hydroxylation is 3. The van der Waals surface area contributed by atoms with Crippen LogP contribution in [0.2, 0.25) is 0 Å². The second kappa shape index (κ2) is 6.61. The Balaban J connectivity index is 2.22. The molecule has 1 atom stereocenters. The Morgan fingerprint density at radius 1 is 1.20 bits per heavy atom. The molecule has 0 spiro atoms. The van der Waals surface area contributed by atoms with Crippen molar-refractivity contribution < 1.29 is 0 Å². The lowest BCUT2D eigenvalue weighted by Gasteiger charge is -2.17. The van der Waals surface area contributed by atoms with E-state index in [1.165, 1.54) is 5.69 Å². The normalized spacial score (nSPS) is 12.6. The summed E-state index contributed by atoms with van der Waals surface area (Å²) in [6, 6.07) is 2.27. The second-order valence-corrected chi connectivity index (χ2v) is 5.03. The van der Waals surface area contributed by atoms with Gasteiger partial charge >= 0.3 is 0 Å². The molecule has 0 aliphatic rings. The van der Waals surface area contributed by atoms with Gasteiger partial charge in [0.1, 0.15) is 5.82 Å². The van der Waals surface area contributed by atoms with Crippen LogP contribution in [0.15, 0.2) is 18.5 Å². The van der Waals surface area contributed by atoms with Gasteiger partial charge < -0.3 is 5.32 Å². The summed E-state index contributed by atoms with van der Waals surface area (Å²) in [5.41, 5.74) is 3.36. The first-order valence-electron chi connectivity index (χ1n) is 7.19. The van der Waals surface area contributed by atoms with Gasteiger partial charge in [0.15, 0.2) is 0 Å². The van der Waals surface area contributed by atoms with Crippen molar-refractivity contribution in [3.05, 3.63) is 41.2 Å². The van der Waals surface area contributed by atoms with E-state index in [0.29, 0.717) is 0 Å². The molecule has 0 aliphatic carbocycles. The van der Waals surface area contributed by atoms with Crippen molar-refractivity contribution in [2.75, 3.05) is 6.54 Å². The fourth-order valence-electron chi connectivity index (χ4n) is 2.33. The summed E-state index contributed by atoms with van der Waals surface area (Å²) < 4.78 is 2.05. The third kappa shape index (κ3) is 3.42. The molecule has 0 saturated carbocycles. The van der Waals surface area contributed by atoms with Gasteiger partial charge in [-0.1, -0.05) is 6.92 Å². The highest BCUT2D eigenvalue weighted by Crippen LogP contribution is 2.16. The van der Waals surface area contributed by atoms with Gasteiger partial charge in [-0.25, -0.2) is 9.97 Å². The second-order valence-electron chi connectivity index (χ2n) is 5.03. The molecule has 2 rings (SSSR count). The zero-order valence-electron chi connectivity index (χ0n) is 12.7. The summed E-state index contributed by atoms with van der Waals surface area (Å²) in [5.74, 6) is 0.846. The summed E-state index contributed by atoms with van der Waals surface area (Å²) in [6.07, 6.45) is 4.59. The van der Waals surface area contributed by atoms with Crippen molar-refractivity contribution in [1.29, 1.82) is 0 Å². The lowest BCUT2D eigenvalue weighted by Crippen LogP contribution is -2.26. The highest BCUT2D eigenvalue weighted by Gasteiger charge is 2.16. The predicted molar refractivity (Wildman–Crippen MR) is 79.5 cm³/mol. The maximum atomic E-state index is 4.50. The van der Waals surface area contributed by atoms with E-state index in [0.717, 1.165) is 36.6 Å². The monoisotopic (exact) mass is 273 g/mol. The number of likely N-dealkylation sites (N-methyl/N-ethyl adjacent to an activating group) is 1. The van der Waals surface area contributed by atoms with E-state index in [1.54, 1.807) is 0 Å². The van der Waals surface area contributed by atoms with Crippen LogP contribution in [0.25, 0.3) is 0 Å². The van der Waals surface area contributed by atoms with Crippen molar-refractivity contribution in [2.45, 2.75) is 46.7 Å². The molecule has 2 aromatic rings. The summed E-state index contributed by atoms with van der Waals surface area (Å²) >= 11 is 0. The topological polar surface area (TPSA) is 55.6 Å². The van der Waals surface area contributed by atoms with Gasteiger partial charge in [0, 0.05) is 31.1 Å². The van der Waals surface area contributed by atoms with Gasteiger partial charge in [0.2, 0.25) is 0 Å². The van der Waals surface area contributed by atoms with Crippen LogP contribution in [0.5, 0.6) is 0 Å². The van der Waals surface area contributed by atoms with E-state index in [4.69, 9.17) is 0 Å². The smallest absolute Gasteiger partial charge is 0.145 e. The van der Waals surface area contributed by atoms with Crippen molar-refractivity contribution in [3.8, 4) is 0 Å². The summed E-state index contributed by atoms with van der Waals surface area (Å²) in [6.45, 7) is 10.0. The maximum absolute atomic E-state index is 4.50. The number of rotatable bonds is 6. The Kier molecular flexibility index (Phi) is 4.84. The van der Waals surface area contributed by atoms with E-state index in [2.05, 4.69) is 40.3 Å². The molecular formula is C15H23N5. The zero-order chi connectivity index (χ0) is 14.5. The van der Waals surface area contributed by atoms with Crippen molar-refractivity contribution in [2.24, 2.45) is 0 Å². The van der Waals surface area contributed by atoms with Gasteiger partial charge in [-0.15, -0.1) is 0 Å². The number of aromatic nitrogens is 4. The molecule has 0 saturated heterocycles. The predicted octanol–water partition coefficient (Wildman–Crippen LogP) is 2.20. The molecule has 0 aromatic carbocycles. The van der Waals surface area contributed by atoms with Crippen LogP contribution in [-0.2, 0) is 13.0 Å². The first-order chi connectivity index (χ1) is 9.63. The van der Waals surface area contributed by atoms with Gasteiger partial charge in [-0.2, -0.15) is 5.10 Å². The van der Waals surface area contributed by atoms with Crippen molar-refractivity contribution in [1.82, 2.24) is 25.1 Å². The molecule has 0 radical (unpaired) electrons. The Hall–Kier alpha value is -1.75. The molecule has 2 heterocycles.